The lowest BCUT2D eigenvalue weighted by Gasteiger charge is -2.22. The number of carbonyl (C=O) groups excluding carboxylic acids is 1. The van der Waals surface area contributed by atoms with Gasteiger partial charge >= 0.3 is 0 Å². The van der Waals surface area contributed by atoms with Gasteiger partial charge < -0.3 is 5.32 Å². The fourth-order valence-corrected chi connectivity index (χ4v) is 2.64. The van der Waals surface area contributed by atoms with Crippen LogP contribution in [0.3, 0.4) is 0 Å². The first-order valence-electron chi connectivity index (χ1n) is 3.41. The molecular formula is C7H12INO. The van der Waals surface area contributed by atoms with E-state index in [0.29, 0.717) is 12.5 Å². The normalized spacial score (nSPS) is 30.3. The largest absolute Gasteiger partial charge is 0.352 e. The Kier molecular flexibility index (Phi) is 2.22. The lowest BCUT2D eigenvalue weighted by Crippen LogP contribution is -2.34. The Morgan fingerprint density at radius 3 is 2.60 bits per heavy atom. The molecule has 0 spiro atoms. The summed E-state index contributed by atoms with van der Waals surface area (Å²) in [7, 11) is 0. The maximum atomic E-state index is 10.9. The predicted octanol–water partition coefficient (Wildman–Crippen LogP) is 1.34. The molecular weight excluding hydrogens is 241 g/mol. The molecule has 0 aliphatic carbocycles. The highest BCUT2D eigenvalue weighted by Gasteiger charge is 2.38. The molecule has 1 heterocycles. The van der Waals surface area contributed by atoms with Gasteiger partial charge in [-0.1, -0.05) is 36.4 Å². The van der Waals surface area contributed by atoms with Crippen LogP contribution >= 0.6 is 22.6 Å². The van der Waals surface area contributed by atoms with Crippen molar-refractivity contribution in [2.24, 2.45) is 5.41 Å². The summed E-state index contributed by atoms with van der Waals surface area (Å²) < 4.78 is 1.01. The van der Waals surface area contributed by atoms with E-state index in [1.54, 1.807) is 0 Å². The second kappa shape index (κ2) is 2.68. The predicted molar refractivity (Wildman–Crippen MR) is 49.2 cm³/mol. The van der Waals surface area contributed by atoms with Gasteiger partial charge in [0.2, 0.25) is 5.91 Å². The van der Waals surface area contributed by atoms with Crippen molar-refractivity contribution in [3.05, 3.63) is 0 Å². The molecule has 1 unspecified atom stereocenters. The third kappa shape index (κ3) is 1.44. The molecule has 1 saturated heterocycles. The molecule has 1 atom stereocenters. The van der Waals surface area contributed by atoms with Gasteiger partial charge in [0, 0.05) is 16.9 Å². The highest BCUT2D eigenvalue weighted by Crippen LogP contribution is 2.31. The molecule has 10 heavy (non-hydrogen) atoms. The van der Waals surface area contributed by atoms with Crippen LogP contribution in [0.15, 0.2) is 0 Å². The number of rotatable bonds is 1. The Hall–Kier alpha value is 0.200. The summed E-state index contributed by atoms with van der Waals surface area (Å²) in [4.78, 5) is 10.9. The van der Waals surface area contributed by atoms with Crippen LogP contribution in [0.4, 0.5) is 0 Å². The van der Waals surface area contributed by atoms with Gasteiger partial charge in [-0.2, -0.15) is 0 Å². The Morgan fingerprint density at radius 2 is 2.40 bits per heavy atom. The summed E-state index contributed by atoms with van der Waals surface area (Å²) >= 11 is 2.31. The van der Waals surface area contributed by atoms with Gasteiger partial charge in [-0.25, -0.2) is 0 Å². The average Bonchev–Trinajstić information content (AvgIpc) is 2.04. The molecule has 0 radical (unpaired) electrons. The number of carbonyl (C=O) groups is 1. The van der Waals surface area contributed by atoms with Crippen molar-refractivity contribution in [3.8, 4) is 0 Å². The zero-order valence-corrected chi connectivity index (χ0v) is 8.44. The fraction of sp³-hybridized carbons (Fsp3) is 0.857. The average molecular weight is 253 g/mol. The van der Waals surface area contributed by atoms with E-state index in [2.05, 4.69) is 41.8 Å². The van der Waals surface area contributed by atoms with Crippen LogP contribution < -0.4 is 5.32 Å². The number of halogens is 1. The summed E-state index contributed by atoms with van der Waals surface area (Å²) in [5, 5.41) is 2.95. The first-order chi connectivity index (χ1) is 4.56. The van der Waals surface area contributed by atoms with Gasteiger partial charge in [0.1, 0.15) is 0 Å². The minimum absolute atomic E-state index is 0.165. The SMILES string of the molecule is CC1(C)CC(=O)NC1CI. The molecule has 1 aliphatic rings. The molecule has 1 fully saturated rings. The van der Waals surface area contributed by atoms with E-state index in [4.69, 9.17) is 0 Å². The topological polar surface area (TPSA) is 29.1 Å². The molecule has 1 N–H and O–H groups in total. The first kappa shape index (κ1) is 8.30. The van der Waals surface area contributed by atoms with Crippen LogP contribution in [0.5, 0.6) is 0 Å². The van der Waals surface area contributed by atoms with Crippen molar-refractivity contribution in [2.75, 3.05) is 4.43 Å². The van der Waals surface area contributed by atoms with Gasteiger partial charge in [0.15, 0.2) is 0 Å². The molecule has 0 saturated carbocycles. The zero-order chi connectivity index (χ0) is 7.78. The third-order valence-corrected chi connectivity index (χ3v) is 2.93. The maximum Gasteiger partial charge on any atom is 0.220 e. The second-order valence-electron chi connectivity index (χ2n) is 3.44. The lowest BCUT2D eigenvalue weighted by atomic mass is 9.86. The van der Waals surface area contributed by atoms with Crippen LogP contribution in [-0.4, -0.2) is 16.4 Å². The highest BCUT2D eigenvalue weighted by molar-refractivity contribution is 14.1. The molecule has 0 aromatic carbocycles. The van der Waals surface area contributed by atoms with E-state index < -0.39 is 0 Å². The highest BCUT2D eigenvalue weighted by atomic mass is 127. The van der Waals surface area contributed by atoms with Crippen molar-refractivity contribution in [3.63, 3.8) is 0 Å². The van der Waals surface area contributed by atoms with E-state index in [-0.39, 0.29) is 11.3 Å². The molecule has 0 aromatic rings. The zero-order valence-electron chi connectivity index (χ0n) is 6.28. The van der Waals surface area contributed by atoms with Crippen molar-refractivity contribution >= 4 is 28.5 Å². The summed E-state index contributed by atoms with van der Waals surface area (Å²) in [6.45, 7) is 4.27. The number of hydrogen-bond acceptors (Lipinski definition) is 1. The summed E-state index contributed by atoms with van der Waals surface area (Å²) in [5.74, 6) is 0.201. The quantitative estimate of drug-likeness (QED) is 0.554. The standard InChI is InChI=1S/C7H12INO/c1-7(2)3-6(10)9-5(7)4-8/h5H,3-4H2,1-2H3,(H,9,10). The number of nitrogens with one attached hydrogen (secondary N) is 1. The summed E-state index contributed by atoms with van der Waals surface area (Å²) in [6, 6.07) is 0.376. The van der Waals surface area contributed by atoms with E-state index in [1.165, 1.54) is 0 Å². The number of hydrogen-bond donors (Lipinski definition) is 1. The summed E-state index contributed by atoms with van der Waals surface area (Å²) in [5.41, 5.74) is 0.165. The van der Waals surface area contributed by atoms with Gasteiger partial charge in [-0.05, 0) is 5.41 Å². The minimum atomic E-state index is 0.165. The molecule has 58 valence electrons. The first-order valence-corrected chi connectivity index (χ1v) is 4.94. The molecule has 0 bridgehead atoms. The van der Waals surface area contributed by atoms with E-state index in [9.17, 15) is 4.79 Å². The van der Waals surface area contributed by atoms with Crippen LogP contribution in [0.25, 0.3) is 0 Å². The van der Waals surface area contributed by atoms with Crippen LogP contribution in [-0.2, 0) is 4.79 Å². The Balaban J connectivity index is 2.67. The monoisotopic (exact) mass is 253 g/mol. The molecule has 1 amide bonds. The molecule has 1 aliphatic heterocycles. The van der Waals surface area contributed by atoms with Gasteiger partial charge in [0.25, 0.3) is 0 Å². The number of alkyl halides is 1. The van der Waals surface area contributed by atoms with Crippen molar-refractivity contribution in [2.45, 2.75) is 26.3 Å². The Morgan fingerprint density at radius 1 is 1.80 bits per heavy atom. The van der Waals surface area contributed by atoms with Gasteiger partial charge in [-0.15, -0.1) is 0 Å². The van der Waals surface area contributed by atoms with Crippen molar-refractivity contribution in [1.29, 1.82) is 0 Å². The maximum absolute atomic E-state index is 10.9. The minimum Gasteiger partial charge on any atom is -0.352 e. The van der Waals surface area contributed by atoms with Crippen LogP contribution in [0.1, 0.15) is 20.3 Å². The third-order valence-electron chi connectivity index (χ3n) is 2.05. The molecule has 2 nitrogen and oxygen atoms in total. The summed E-state index contributed by atoms with van der Waals surface area (Å²) in [6.07, 6.45) is 0.681. The van der Waals surface area contributed by atoms with E-state index in [0.717, 1.165) is 4.43 Å². The lowest BCUT2D eigenvalue weighted by molar-refractivity contribution is -0.119. The number of amides is 1. The smallest absolute Gasteiger partial charge is 0.220 e. The van der Waals surface area contributed by atoms with Gasteiger partial charge in [0.05, 0.1) is 0 Å². The molecule has 1 rings (SSSR count). The van der Waals surface area contributed by atoms with Crippen molar-refractivity contribution < 1.29 is 4.79 Å². The van der Waals surface area contributed by atoms with Crippen LogP contribution in [0, 0.1) is 5.41 Å². The van der Waals surface area contributed by atoms with Crippen molar-refractivity contribution in [1.82, 2.24) is 5.32 Å². The fourth-order valence-electron chi connectivity index (χ4n) is 1.23. The second-order valence-corrected chi connectivity index (χ2v) is 4.32. The van der Waals surface area contributed by atoms with E-state index in [1.807, 2.05) is 0 Å². The van der Waals surface area contributed by atoms with Crippen LogP contribution in [0.2, 0.25) is 0 Å². The molecule has 3 heteroatoms. The Bertz CT molecular complexity index is 156. The van der Waals surface area contributed by atoms with Gasteiger partial charge in [-0.3, -0.25) is 4.79 Å². The Labute approximate surface area is 74.9 Å². The van der Waals surface area contributed by atoms with E-state index >= 15 is 0 Å². The molecule has 0 aromatic heterocycles.